The van der Waals surface area contributed by atoms with Crippen LogP contribution in [-0.2, 0) is 13.8 Å². The molecule has 1 unspecified atom stereocenters. The number of aliphatic hydroxyl groups excluding tert-OH is 1. The van der Waals surface area contributed by atoms with E-state index in [2.05, 4.69) is 15.0 Å². The maximum absolute atomic E-state index is 11.7. The highest BCUT2D eigenvalue weighted by Crippen LogP contribution is 2.32. The Morgan fingerprint density at radius 3 is 3.18 bits per heavy atom. The molecular weight excluding hydrogens is 313 g/mol. The number of imidazole rings is 1. The normalized spacial score (nSPS) is 25.7. The zero-order valence-corrected chi connectivity index (χ0v) is 12.6. The van der Waals surface area contributed by atoms with Crippen LogP contribution < -0.4 is 11.3 Å². The maximum Gasteiger partial charge on any atom is 0.504 e. The first kappa shape index (κ1) is 15.0. The second-order valence-electron chi connectivity index (χ2n) is 4.96. The second-order valence-corrected chi connectivity index (χ2v) is 6.10. The van der Waals surface area contributed by atoms with E-state index in [1.165, 1.54) is 17.6 Å². The summed E-state index contributed by atoms with van der Waals surface area (Å²) in [6.45, 7) is 1.56. The van der Waals surface area contributed by atoms with Crippen molar-refractivity contribution >= 4 is 25.1 Å². The summed E-state index contributed by atoms with van der Waals surface area (Å²) in [5.41, 5.74) is 5.41. The molecule has 118 valence electrons. The third-order valence-corrected chi connectivity index (χ3v) is 3.85. The van der Waals surface area contributed by atoms with Gasteiger partial charge in [-0.05, 0) is 4.57 Å². The van der Waals surface area contributed by atoms with Crippen molar-refractivity contribution < 1.29 is 18.9 Å². The molecule has 0 amide bonds. The topological polar surface area (TPSA) is 145 Å². The molecule has 1 saturated heterocycles. The molecular formula is C11H15N5O5P+. The highest BCUT2D eigenvalue weighted by molar-refractivity contribution is 7.38. The minimum Gasteiger partial charge on any atom is -0.388 e. The summed E-state index contributed by atoms with van der Waals surface area (Å²) in [4.78, 5) is 22.1. The van der Waals surface area contributed by atoms with Crippen molar-refractivity contribution in [3.05, 3.63) is 16.7 Å². The van der Waals surface area contributed by atoms with Gasteiger partial charge in [-0.25, -0.2) is 4.98 Å². The van der Waals surface area contributed by atoms with Crippen LogP contribution in [0.4, 0.5) is 5.95 Å². The molecule has 0 saturated carbocycles. The lowest BCUT2D eigenvalue weighted by atomic mass is 10.2. The molecule has 4 N–H and O–H groups in total. The van der Waals surface area contributed by atoms with E-state index >= 15 is 0 Å². The summed E-state index contributed by atoms with van der Waals surface area (Å²) in [6.07, 6.45) is -0.323. The van der Waals surface area contributed by atoms with Crippen LogP contribution in [0.15, 0.2) is 11.1 Å². The number of ether oxygens (including phenoxy) is 1. The largest absolute Gasteiger partial charge is 0.504 e. The van der Waals surface area contributed by atoms with Crippen LogP contribution in [0.25, 0.3) is 11.2 Å². The van der Waals surface area contributed by atoms with Gasteiger partial charge in [0.05, 0.1) is 12.4 Å². The molecule has 3 rings (SSSR count). The molecule has 0 spiro atoms. The van der Waals surface area contributed by atoms with Crippen molar-refractivity contribution in [3.63, 3.8) is 0 Å². The highest BCUT2D eigenvalue weighted by Gasteiger charge is 2.37. The maximum atomic E-state index is 11.7. The Balaban J connectivity index is 1.88. The summed E-state index contributed by atoms with van der Waals surface area (Å²) in [5, 5.41) is 10.1. The number of nitrogen functional groups attached to an aromatic ring is 1. The molecule has 22 heavy (non-hydrogen) atoms. The molecule has 0 aromatic carbocycles. The van der Waals surface area contributed by atoms with Gasteiger partial charge >= 0.3 is 8.03 Å². The number of hydrogen-bond donors (Lipinski definition) is 3. The van der Waals surface area contributed by atoms with E-state index in [1.807, 2.05) is 0 Å². The summed E-state index contributed by atoms with van der Waals surface area (Å²) < 4.78 is 23.1. The van der Waals surface area contributed by atoms with Crippen molar-refractivity contribution in [1.29, 1.82) is 0 Å². The average molecular weight is 328 g/mol. The van der Waals surface area contributed by atoms with Gasteiger partial charge < -0.3 is 15.6 Å². The van der Waals surface area contributed by atoms with E-state index in [-0.39, 0.29) is 23.7 Å². The third kappa shape index (κ3) is 2.73. The zero-order chi connectivity index (χ0) is 15.9. The van der Waals surface area contributed by atoms with Crippen molar-refractivity contribution in [2.75, 3.05) is 19.0 Å². The number of anilines is 1. The first-order chi connectivity index (χ1) is 10.5. The van der Waals surface area contributed by atoms with Gasteiger partial charge in [-0.3, -0.25) is 14.3 Å². The Morgan fingerprint density at radius 2 is 2.45 bits per heavy atom. The molecule has 0 bridgehead atoms. The predicted octanol–water partition coefficient (Wildman–Crippen LogP) is -0.261. The molecule has 1 aliphatic rings. The number of fused-ring (bicyclic) bond motifs is 1. The predicted molar refractivity (Wildman–Crippen MR) is 76.6 cm³/mol. The van der Waals surface area contributed by atoms with Crippen LogP contribution in [0.3, 0.4) is 0 Å². The Bertz CT molecular complexity index is 774. The molecule has 0 radical (unpaired) electrons. The Kier molecular flexibility index (Phi) is 3.92. The number of aliphatic hydroxyl groups is 1. The van der Waals surface area contributed by atoms with Crippen molar-refractivity contribution in [1.82, 2.24) is 19.5 Å². The lowest BCUT2D eigenvalue weighted by Gasteiger charge is -2.16. The van der Waals surface area contributed by atoms with Gasteiger partial charge in [0.25, 0.3) is 5.56 Å². The molecule has 3 heterocycles. The Labute approximate surface area is 125 Å². The van der Waals surface area contributed by atoms with Crippen LogP contribution in [0.2, 0.25) is 0 Å². The number of nitrogens with zero attached hydrogens (tertiary/aromatic N) is 3. The fourth-order valence-corrected chi connectivity index (χ4v) is 2.78. The molecule has 10 nitrogen and oxygen atoms in total. The van der Waals surface area contributed by atoms with Crippen LogP contribution in [0, 0.1) is 0 Å². The van der Waals surface area contributed by atoms with Crippen molar-refractivity contribution in [2.45, 2.75) is 24.9 Å². The monoisotopic (exact) mass is 328 g/mol. The van der Waals surface area contributed by atoms with E-state index in [0.29, 0.717) is 6.42 Å². The fourth-order valence-electron chi connectivity index (χ4n) is 2.40. The first-order valence-corrected chi connectivity index (χ1v) is 8.18. The van der Waals surface area contributed by atoms with Gasteiger partial charge in [0.1, 0.15) is 12.7 Å². The van der Waals surface area contributed by atoms with Crippen LogP contribution in [0.1, 0.15) is 12.6 Å². The summed E-state index contributed by atoms with van der Waals surface area (Å²) >= 11 is 0. The second kappa shape index (κ2) is 5.73. The van der Waals surface area contributed by atoms with E-state index < -0.39 is 32.0 Å². The summed E-state index contributed by atoms with van der Waals surface area (Å²) in [6, 6.07) is 0. The summed E-state index contributed by atoms with van der Waals surface area (Å²) in [5.74, 6) is -0.0467. The molecule has 11 heteroatoms. The van der Waals surface area contributed by atoms with Crippen LogP contribution >= 0.6 is 8.03 Å². The minimum absolute atomic E-state index is 0.0467. The summed E-state index contributed by atoms with van der Waals surface area (Å²) in [7, 11) is -1.73. The van der Waals surface area contributed by atoms with Crippen LogP contribution in [0.5, 0.6) is 0 Å². The lowest BCUT2D eigenvalue weighted by molar-refractivity contribution is -0.0450. The van der Waals surface area contributed by atoms with Gasteiger partial charge in [0, 0.05) is 6.42 Å². The standard InChI is InChI=1S/C11H14N5O5P/c1-22(19)20-3-5-2-6(17)10(21-5)16-4-13-7-8(16)14-11(12)15-9(7)18/h4-6,10,17H,2-3H2,1H3,(H2-,12,14,15,18)/p+1/t5-,6+,10+/m0/s1. The highest BCUT2D eigenvalue weighted by atomic mass is 31.1. The number of nitrogens with two attached hydrogens (primary N) is 1. The first-order valence-electron chi connectivity index (χ1n) is 6.55. The van der Waals surface area contributed by atoms with Crippen LogP contribution in [-0.4, -0.2) is 50.1 Å². The minimum atomic E-state index is -1.73. The van der Waals surface area contributed by atoms with E-state index in [1.54, 1.807) is 0 Å². The van der Waals surface area contributed by atoms with E-state index in [9.17, 15) is 14.5 Å². The van der Waals surface area contributed by atoms with Gasteiger partial charge in [-0.1, -0.05) is 0 Å². The SMILES string of the molecule is C[P+](=O)OC[C@@H]1C[C@@H](O)[C@H](n2cnc3c(=O)[nH]c(N)nc32)O1. The molecule has 1 fully saturated rings. The fraction of sp³-hybridized carbons (Fsp3) is 0.545. The smallest absolute Gasteiger partial charge is 0.388 e. The molecule has 1 aliphatic heterocycles. The van der Waals surface area contributed by atoms with Crippen molar-refractivity contribution in [3.8, 4) is 0 Å². The molecule has 2 aromatic rings. The van der Waals surface area contributed by atoms with Gasteiger partial charge in [0.15, 0.2) is 24.1 Å². The van der Waals surface area contributed by atoms with Gasteiger partial charge in [0.2, 0.25) is 5.95 Å². The zero-order valence-electron chi connectivity index (χ0n) is 11.7. The average Bonchev–Trinajstić information content (AvgIpc) is 3.00. The molecule has 4 atom stereocenters. The third-order valence-electron chi connectivity index (χ3n) is 3.33. The van der Waals surface area contributed by atoms with E-state index in [4.69, 9.17) is 15.0 Å². The number of rotatable bonds is 4. The number of hydrogen-bond acceptors (Lipinski definition) is 8. The number of aromatic amines is 1. The molecule has 0 aliphatic carbocycles. The Morgan fingerprint density at radius 1 is 1.68 bits per heavy atom. The van der Waals surface area contributed by atoms with E-state index in [0.717, 1.165) is 0 Å². The number of H-pyrrole nitrogens is 1. The van der Waals surface area contributed by atoms with Gasteiger partial charge in [-0.2, -0.15) is 4.98 Å². The Hall–Kier alpha value is -1.87. The molecule has 2 aromatic heterocycles. The van der Waals surface area contributed by atoms with Crippen molar-refractivity contribution in [2.24, 2.45) is 0 Å². The lowest BCUT2D eigenvalue weighted by Crippen LogP contribution is -2.20. The quantitative estimate of drug-likeness (QED) is 0.651. The van der Waals surface area contributed by atoms with Gasteiger partial charge in [-0.15, -0.1) is 4.52 Å². The number of nitrogens with one attached hydrogen (secondary N) is 1. The number of aromatic nitrogens is 4.